The number of non-ortho nitro benzene ring substituents is 1. The molecule has 31 heavy (non-hydrogen) atoms. The van der Waals surface area contributed by atoms with Crippen molar-refractivity contribution < 1.29 is 23.9 Å². The molecule has 2 aromatic carbocycles. The van der Waals surface area contributed by atoms with Gasteiger partial charge in [0.1, 0.15) is 4.99 Å². The first-order chi connectivity index (χ1) is 14.8. The van der Waals surface area contributed by atoms with Gasteiger partial charge in [-0.05, 0) is 25.1 Å². The van der Waals surface area contributed by atoms with Crippen LogP contribution in [-0.4, -0.2) is 53.7 Å². The van der Waals surface area contributed by atoms with E-state index in [1.807, 2.05) is 4.90 Å². The van der Waals surface area contributed by atoms with Crippen LogP contribution in [0.3, 0.4) is 0 Å². The number of halogens is 2. The number of thiocarbonyl (C=S) groups is 1. The van der Waals surface area contributed by atoms with E-state index < -0.39 is 10.9 Å². The Morgan fingerprint density at radius 2 is 1.94 bits per heavy atom. The van der Waals surface area contributed by atoms with Crippen LogP contribution in [0.1, 0.15) is 22.8 Å². The fourth-order valence-corrected chi connectivity index (χ4v) is 3.73. The fourth-order valence-electron chi connectivity index (χ4n) is 2.93. The zero-order chi connectivity index (χ0) is 22.5. The lowest BCUT2D eigenvalue weighted by molar-refractivity contribution is -0.384. The Hall–Kier alpha value is -2.46. The molecule has 2 aromatic rings. The van der Waals surface area contributed by atoms with Gasteiger partial charge in [0, 0.05) is 30.8 Å². The summed E-state index contributed by atoms with van der Waals surface area (Å²) in [6, 6.07) is 6.72. The number of benzene rings is 2. The van der Waals surface area contributed by atoms with Gasteiger partial charge in [0.15, 0.2) is 11.5 Å². The molecule has 1 saturated heterocycles. The molecule has 164 valence electrons. The molecule has 3 rings (SSSR count). The zero-order valence-corrected chi connectivity index (χ0v) is 18.8. The molecule has 0 aromatic heterocycles. The Morgan fingerprint density at radius 1 is 1.23 bits per heavy atom. The Labute approximate surface area is 193 Å². The first-order valence-electron chi connectivity index (χ1n) is 9.31. The average Bonchev–Trinajstić information content (AvgIpc) is 2.75. The zero-order valence-electron chi connectivity index (χ0n) is 16.4. The van der Waals surface area contributed by atoms with Crippen molar-refractivity contribution >= 4 is 52.1 Å². The van der Waals surface area contributed by atoms with E-state index in [0.29, 0.717) is 43.5 Å². The van der Waals surface area contributed by atoms with Crippen LogP contribution in [-0.2, 0) is 4.74 Å². The molecule has 0 amide bonds. The van der Waals surface area contributed by atoms with Gasteiger partial charge in [0.25, 0.3) is 5.69 Å². The molecular formula is C20H18Cl2N2O6S. The Morgan fingerprint density at radius 3 is 2.55 bits per heavy atom. The lowest BCUT2D eigenvalue weighted by Crippen LogP contribution is -2.40. The van der Waals surface area contributed by atoms with Crippen LogP contribution in [0.25, 0.3) is 0 Å². The highest BCUT2D eigenvalue weighted by molar-refractivity contribution is 7.80. The number of rotatable bonds is 6. The van der Waals surface area contributed by atoms with Crippen LogP contribution in [0.2, 0.25) is 10.0 Å². The minimum absolute atomic E-state index is 0.0106. The number of hydrogen-bond donors (Lipinski definition) is 0. The molecule has 0 N–H and O–H groups in total. The molecule has 1 aliphatic rings. The van der Waals surface area contributed by atoms with Crippen LogP contribution < -0.4 is 9.47 Å². The van der Waals surface area contributed by atoms with E-state index in [1.54, 1.807) is 19.1 Å². The second kappa shape index (κ2) is 10.2. The number of hydrogen-bond acceptors (Lipinski definition) is 7. The van der Waals surface area contributed by atoms with Crippen LogP contribution in [0.5, 0.6) is 11.5 Å². The predicted molar refractivity (Wildman–Crippen MR) is 120 cm³/mol. The number of nitro groups is 1. The van der Waals surface area contributed by atoms with Crippen molar-refractivity contribution in [3.05, 3.63) is 61.6 Å². The summed E-state index contributed by atoms with van der Waals surface area (Å²) in [5, 5.41) is 10.9. The van der Waals surface area contributed by atoms with Gasteiger partial charge in [-0.25, -0.2) is 4.79 Å². The smallest absolute Gasteiger partial charge is 0.345 e. The molecule has 0 saturated carbocycles. The lowest BCUT2D eigenvalue weighted by atomic mass is 10.1. The van der Waals surface area contributed by atoms with Crippen molar-refractivity contribution in [1.29, 1.82) is 0 Å². The molecule has 0 spiro atoms. The van der Waals surface area contributed by atoms with Crippen LogP contribution in [0.15, 0.2) is 30.3 Å². The number of esters is 1. The summed E-state index contributed by atoms with van der Waals surface area (Å²) in [7, 11) is 0. The summed E-state index contributed by atoms with van der Waals surface area (Å²) in [5.74, 6) is -0.574. The van der Waals surface area contributed by atoms with Crippen molar-refractivity contribution in [2.75, 3.05) is 32.9 Å². The number of ether oxygens (including phenoxy) is 3. The molecule has 0 bridgehead atoms. The molecule has 1 fully saturated rings. The minimum atomic E-state index is -0.828. The molecule has 0 unspecified atom stereocenters. The Kier molecular flexibility index (Phi) is 7.66. The predicted octanol–water partition coefficient (Wildman–Crippen LogP) is 4.53. The van der Waals surface area contributed by atoms with E-state index in [2.05, 4.69) is 0 Å². The number of carbonyl (C=O) groups is 1. The van der Waals surface area contributed by atoms with Crippen molar-refractivity contribution in [3.8, 4) is 11.5 Å². The minimum Gasteiger partial charge on any atom is -0.490 e. The number of nitro benzene ring substituents is 1. The first kappa shape index (κ1) is 23.2. The Balaban J connectivity index is 1.89. The second-order valence-electron chi connectivity index (χ2n) is 6.43. The highest BCUT2D eigenvalue weighted by atomic mass is 35.5. The maximum absolute atomic E-state index is 12.7. The maximum Gasteiger partial charge on any atom is 0.345 e. The summed E-state index contributed by atoms with van der Waals surface area (Å²) in [6.45, 7) is 4.56. The van der Waals surface area contributed by atoms with Gasteiger partial charge < -0.3 is 19.1 Å². The van der Waals surface area contributed by atoms with E-state index in [-0.39, 0.29) is 32.8 Å². The van der Waals surface area contributed by atoms with Gasteiger partial charge in [-0.15, -0.1) is 0 Å². The van der Waals surface area contributed by atoms with Crippen molar-refractivity contribution in [2.45, 2.75) is 6.92 Å². The molecule has 1 aliphatic heterocycles. The van der Waals surface area contributed by atoms with Crippen molar-refractivity contribution in [1.82, 2.24) is 4.90 Å². The van der Waals surface area contributed by atoms with Gasteiger partial charge in [-0.1, -0.05) is 35.4 Å². The van der Waals surface area contributed by atoms with Gasteiger partial charge in [0.05, 0.1) is 40.4 Å². The van der Waals surface area contributed by atoms with Gasteiger partial charge in [0.2, 0.25) is 0 Å². The topological polar surface area (TPSA) is 91.1 Å². The quantitative estimate of drug-likeness (QED) is 0.194. The van der Waals surface area contributed by atoms with Gasteiger partial charge >= 0.3 is 5.97 Å². The third-order valence-corrected chi connectivity index (χ3v) is 5.52. The molecule has 8 nitrogen and oxygen atoms in total. The molecule has 1 heterocycles. The van der Waals surface area contributed by atoms with Gasteiger partial charge in [-0.3, -0.25) is 10.1 Å². The van der Waals surface area contributed by atoms with Crippen LogP contribution >= 0.6 is 35.4 Å². The van der Waals surface area contributed by atoms with E-state index in [0.717, 1.165) is 12.1 Å². The van der Waals surface area contributed by atoms with Gasteiger partial charge in [-0.2, -0.15) is 0 Å². The number of nitrogens with zero attached hydrogens (tertiary/aromatic N) is 2. The van der Waals surface area contributed by atoms with Crippen molar-refractivity contribution in [2.24, 2.45) is 0 Å². The Bertz CT molecular complexity index is 1030. The lowest BCUT2D eigenvalue weighted by Gasteiger charge is -2.29. The molecule has 0 aliphatic carbocycles. The summed E-state index contributed by atoms with van der Waals surface area (Å²) in [5.41, 5.74) is 0.368. The summed E-state index contributed by atoms with van der Waals surface area (Å²) in [6.07, 6.45) is 0. The molecule has 0 atom stereocenters. The van der Waals surface area contributed by atoms with E-state index in [1.165, 1.54) is 6.07 Å². The normalized spacial score (nSPS) is 13.6. The average molecular weight is 485 g/mol. The number of carbonyl (C=O) groups excluding carboxylic acids is 1. The summed E-state index contributed by atoms with van der Waals surface area (Å²) >= 11 is 18.0. The largest absolute Gasteiger partial charge is 0.490 e. The monoisotopic (exact) mass is 484 g/mol. The third kappa shape index (κ3) is 5.43. The standard InChI is InChI=1S/C20H18Cl2N2O6S/c1-2-29-17-10-12(19(31)23-5-7-28-8-6-23)9-16(22)18(17)30-20(25)14-4-3-13(24(26)27)11-15(14)21/h3-4,9-11H,2,5-8H2,1H3. The van der Waals surface area contributed by atoms with Crippen LogP contribution in [0.4, 0.5) is 5.69 Å². The molecule has 11 heteroatoms. The SMILES string of the molecule is CCOc1cc(C(=S)N2CCOCC2)cc(Cl)c1OC(=O)c1ccc([N+](=O)[O-])cc1Cl. The van der Waals surface area contributed by atoms with Crippen molar-refractivity contribution in [3.63, 3.8) is 0 Å². The highest BCUT2D eigenvalue weighted by Crippen LogP contribution is 2.38. The number of morpholine rings is 1. The second-order valence-corrected chi connectivity index (χ2v) is 7.63. The van der Waals surface area contributed by atoms with E-state index in [9.17, 15) is 14.9 Å². The fraction of sp³-hybridized carbons (Fsp3) is 0.300. The van der Waals surface area contributed by atoms with E-state index >= 15 is 0 Å². The van der Waals surface area contributed by atoms with Crippen LogP contribution in [0, 0.1) is 10.1 Å². The highest BCUT2D eigenvalue weighted by Gasteiger charge is 2.23. The molecular weight excluding hydrogens is 467 g/mol. The summed E-state index contributed by atoms with van der Waals surface area (Å²) < 4.78 is 16.4. The third-order valence-electron chi connectivity index (χ3n) is 4.43. The maximum atomic E-state index is 12.7. The first-order valence-corrected chi connectivity index (χ1v) is 10.5. The summed E-state index contributed by atoms with van der Waals surface area (Å²) in [4.78, 5) is 25.5. The molecule has 0 radical (unpaired) electrons. The van der Waals surface area contributed by atoms with E-state index in [4.69, 9.17) is 49.6 Å².